The predicted octanol–water partition coefficient (Wildman–Crippen LogP) is 2.03. The number of nitrogens with zero attached hydrogens (tertiary/aromatic N) is 2. The molecule has 20 heavy (non-hydrogen) atoms. The molecule has 104 valence electrons. The zero-order valence-corrected chi connectivity index (χ0v) is 10.3. The lowest BCUT2D eigenvalue weighted by atomic mass is 10.2. The highest BCUT2D eigenvalue weighted by Gasteiger charge is 2.10. The van der Waals surface area contributed by atoms with Crippen LogP contribution < -0.4 is 16.6 Å². The molecule has 1 aromatic heterocycles. The maximum Gasteiger partial charge on any atom is 0.276 e. The van der Waals surface area contributed by atoms with Crippen molar-refractivity contribution in [3.8, 4) is 0 Å². The van der Waals surface area contributed by atoms with Crippen LogP contribution in [-0.2, 0) is 6.54 Å². The minimum absolute atomic E-state index is 0.144. The second-order valence-electron chi connectivity index (χ2n) is 3.98. The van der Waals surface area contributed by atoms with E-state index < -0.39 is 4.92 Å². The van der Waals surface area contributed by atoms with E-state index in [1.165, 1.54) is 24.3 Å². The Balaban J connectivity index is 2.16. The fourth-order valence-electron chi connectivity index (χ4n) is 1.63. The molecule has 0 saturated carbocycles. The minimum atomic E-state index is -0.546. The van der Waals surface area contributed by atoms with Crippen LogP contribution in [0, 0.1) is 15.9 Å². The van der Waals surface area contributed by atoms with E-state index in [0.717, 1.165) is 0 Å². The number of nitro groups is 1. The number of pyridine rings is 1. The fraction of sp³-hybridized carbons (Fsp3) is 0.0833. The van der Waals surface area contributed by atoms with Crippen molar-refractivity contribution in [3.63, 3.8) is 0 Å². The number of hydrogen-bond acceptors (Lipinski definition) is 6. The first-order chi connectivity index (χ1) is 9.58. The Bertz CT molecular complexity index is 635. The van der Waals surface area contributed by atoms with Gasteiger partial charge in [0.1, 0.15) is 17.5 Å². The van der Waals surface area contributed by atoms with Gasteiger partial charge in [-0.15, -0.1) is 0 Å². The molecule has 0 amide bonds. The quantitative estimate of drug-likeness (QED) is 0.438. The molecule has 0 atom stereocenters. The smallest absolute Gasteiger partial charge is 0.276 e. The largest absolute Gasteiger partial charge is 0.366 e. The van der Waals surface area contributed by atoms with Gasteiger partial charge in [-0.1, -0.05) is 12.1 Å². The number of nitrogens with one attached hydrogen (secondary N) is 2. The monoisotopic (exact) mass is 277 g/mol. The molecular formula is C12H12FN5O2. The van der Waals surface area contributed by atoms with Gasteiger partial charge in [0.05, 0.1) is 17.1 Å². The molecule has 0 aliphatic carbocycles. The summed E-state index contributed by atoms with van der Waals surface area (Å²) in [5.41, 5.74) is 2.81. The van der Waals surface area contributed by atoms with Gasteiger partial charge in [-0.2, -0.15) is 0 Å². The van der Waals surface area contributed by atoms with Crippen LogP contribution >= 0.6 is 0 Å². The molecule has 0 radical (unpaired) electrons. The number of hydrazine groups is 1. The topological polar surface area (TPSA) is 106 Å². The second kappa shape index (κ2) is 5.93. The lowest BCUT2D eigenvalue weighted by Gasteiger charge is -2.07. The van der Waals surface area contributed by atoms with E-state index in [9.17, 15) is 14.5 Å². The lowest BCUT2D eigenvalue weighted by Crippen LogP contribution is -2.11. The maximum absolute atomic E-state index is 13.0. The van der Waals surface area contributed by atoms with Gasteiger partial charge in [0.15, 0.2) is 0 Å². The number of nitrogen functional groups attached to an aromatic ring is 1. The number of nitrogens with two attached hydrogens (primary N) is 1. The zero-order valence-electron chi connectivity index (χ0n) is 10.3. The van der Waals surface area contributed by atoms with Gasteiger partial charge in [0.25, 0.3) is 5.69 Å². The predicted molar refractivity (Wildman–Crippen MR) is 72.4 cm³/mol. The molecule has 1 aromatic carbocycles. The Morgan fingerprint density at radius 3 is 2.70 bits per heavy atom. The molecule has 2 rings (SSSR count). The molecule has 0 spiro atoms. The average molecular weight is 277 g/mol. The minimum Gasteiger partial charge on any atom is -0.366 e. The summed E-state index contributed by atoms with van der Waals surface area (Å²) in [5.74, 6) is 5.30. The summed E-state index contributed by atoms with van der Waals surface area (Å²) in [6.07, 6.45) is 0. The standard InChI is InChI=1S/C12H12FN5O2/c13-9-3-1-2-8(4-9)7-15-11-5-10(18(19)20)6-12(16-11)17-14/h1-6H,7,14H2,(H2,15,16,17). The number of anilines is 2. The Morgan fingerprint density at radius 1 is 1.30 bits per heavy atom. The second-order valence-corrected chi connectivity index (χ2v) is 3.98. The highest BCUT2D eigenvalue weighted by Crippen LogP contribution is 2.20. The first-order valence-electron chi connectivity index (χ1n) is 5.70. The molecular weight excluding hydrogens is 265 g/mol. The summed E-state index contributed by atoms with van der Waals surface area (Å²) in [6, 6.07) is 8.51. The van der Waals surface area contributed by atoms with Crippen molar-refractivity contribution < 1.29 is 9.31 Å². The third-order valence-corrected chi connectivity index (χ3v) is 2.53. The van der Waals surface area contributed by atoms with Gasteiger partial charge in [0.2, 0.25) is 0 Å². The molecule has 0 saturated heterocycles. The summed E-state index contributed by atoms with van der Waals surface area (Å²) in [5, 5.41) is 13.7. The van der Waals surface area contributed by atoms with E-state index in [-0.39, 0.29) is 29.7 Å². The summed E-state index contributed by atoms with van der Waals surface area (Å²) in [4.78, 5) is 14.3. The molecule has 2 aromatic rings. The Morgan fingerprint density at radius 2 is 2.05 bits per heavy atom. The molecule has 8 heteroatoms. The molecule has 0 aliphatic heterocycles. The third-order valence-electron chi connectivity index (χ3n) is 2.53. The highest BCUT2D eigenvalue weighted by atomic mass is 19.1. The van der Waals surface area contributed by atoms with Gasteiger partial charge >= 0.3 is 0 Å². The van der Waals surface area contributed by atoms with Crippen LogP contribution in [0.5, 0.6) is 0 Å². The molecule has 4 N–H and O–H groups in total. The van der Waals surface area contributed by atoms with Crippen molar-refractivity contribution in [2.24, 2.45) is 5.84 Å². The van der Waals surface area contributed by atoms with Crippen LogP contribution in [-0.4, -0.2) is 9.91 Å². The summed E-state index contributed by atoms with van der Waals surface area (Å²) >= 11 is 0. The van der Waals surface area contributed by atoms with Crippen molar-refractivity contribution >= 4 is 17.3 Å². The Hall–Kier alpha value is -2.74. The summed E-state index contributed by atoms with van der Waals surface area (Å²) in [7, 11) is 0. The van der Waals surface area contributed by atoms with Crippen LogP contribution in [0.1, 0.15) is 5.56 Å². The van der Waals surface area contributed by atoms with E-state index in [0.29, 0.717) is 5.56 Å². The average Bonchev–Trinajstić information content (AvgIpc) is 2.45. The van der Waals surface area contributed by atoms with E-state index in [1.807, 2.05) is 0 Å². The van der Waals surface area contributed by atoms with E-state index in [1.54, 1.807) is 12.1 Å². The SMILES string of the molecule is NNc1cc([N+](=O)[O-])cc(NCc2cccc(F)c2)n1. The van der Waals surface area contributed by atoms with Gasteiger partial charge < -0.3 is 10.7 Å². The van der Waals surface area contributed by atoms with Crippen molar-refractivity contribution in [1.82, 2.24) is 4.98 Å². The van der Waals surface area contributed by atoms with Crippen LogP contribution in [0.3, 0.4) is 0 Å². The lowest BCUT2D eigenvalue weighted by molar-refractivity contribution is -0.384. The molecule has 7 nitrogen and oxygen atoms in total. The zero-order chi connectivity index (χ0) is 14.5. The first kappa shape index (κ1) is 13.7. The van der Waals surface area contributed by atoms with Gasteiger partial charge in [0, 0.05) is 6.54 Å². The van der Waals surface area contributed by atoms with Crippen LogP contribution in [0.2, 0.25) is 0 Å². The summed E-state index contributed by atoms with van der Waals surface area (Å²) < 4.78 is 13.0. The van der Waals surface area contributed by atoms with Gasteiger partial charge in [-0.25, -0.2) is 15.2 Å². The molecule has 0 bridgehead atoms. The number of halogens is 1. The fourth-order valence-corrected chi connectivity index (χ4v) is 1.63. The van der Waals surface area contributed by atoms with Crippen LogP contribution in [0.15, 0.2) is 36.4 Å². The van der Waals surface area contributed by atoms with E-state index in [4.69, 9.17) is 5.84 Å². The number of benzene rings is 1. The van der Waals surface area contributed by atoms with E-state index >= 15 is 0 Å². The molecule has 0 unspecified atom stereocenters. The number of hydrogen-bond donors (Lipinski definition) is 3. The van der Waals surface area contributed by atoms with Crippen molar-refractivity contribution in [1.29, 1.82) is 0 Å². The van der Waals surface area contributed by atoms with Crippen molar-refractivity contribution in [2.45, 2.75) is 6.54 Å². The number of rotatable bonds is 5. The maximum atomic E-state index is 13.0. The van der Waals surface area contributed by atoms with Crippen molar-refractivity contribution in [2.75, 3.05) is 10.7 Å². The molecule has 1 heterocycles. The third kappa shape index (κ3) is 3.39. The highest BCUT2D eigenvalue weighted by molar-refractivity contribution is 5.54. The van der Waals surface area contributed by atoms with E-state index in [2.05, 4.69) is 15.7 Å². The normalized spacial score (nSPS) is 10.1. The molecule has 0 aliphatic rings. The van der Waals surface area contributed by atoms with Gasteiger partial charge in [-0.05, 0) is 17.7 Å². The Labute approximate surface area is 113 Å². The number of aromatic nitrogens is 1. The summed E-state index contributed by atoms with van der Waals surface area (Å²) in [6.45, 7) is 0.288. The van der Waals surface area contributed by atoms with Gasteiger partial charge in [-0.3, -0.25) is 10.1 Å². The first-order valence-corrected chi connectivity index (χ1v) is 5.70. The Kier molecular flexibility index (Phi) is 4.06. The van der Waals surface area contributed by atoms with Crippen LogP contribution in [0.25, 0.3) is 0 Å². The molecule has 0 fully saturated rings. The van der Waals surface area contributed by atoms with Crippen molar-refractivity contribution in [3.05, 3.63) is 57.9 Å². The van der Waals surface area contributed by atoms with Crippen LogP contribution in [0.4, 0.5) is 21.7 Å².